The molecule has 15 heavy (non-hydrogen) atoms. The molecule has 2 aliphatic rings. The quantitative estimate of drug-likeness (QED) is 0.683. The second kappa shape index (κ2) is 3.67. The molecule has 0 saturated carbocycles. The first-order valence-corrected chi connectivity index (χ1v) is 6.19. The average molecular weight is 204 g/mol. The van der Waals surface area contributed by atoms with E-state index in [9.17, 15) is 0 Å². The number of aromatic nitrogens is 1. The van der Waals surface area contributed by atoms with Crippen LogP contribution in [-0.4, -0.2) is 28.6 Å². The molecule has 3 rings (SSSR count). The summed E-state index contributed by atoms with van der Waals surface area (Å²) in [6.45, 7) is 0. The van der Waals surface area contributed by atoms with Crippen LogP contribution in [0.4, 0.5) is 0 Å². The summed E-state index contributed by atoms with van der Waals surface area (Å²) < 4.78 is 2.42. The van der Waals surface area contributed by atoms with Crippen LogP contribution in [0.25, 0.3) is 0 Å². The fraction of sp³-hybridized carbons (Fsp3) is 0.692. The number of fused-ring (bicyclic) bond motifs is 2. The SMILES string of the molecule is CN1C2CCCC1CC(n1cccc1)C2. The van der Waals surface area contributed by atoms with Crippen molar-refractivity contribution in [3.8, 4) is 0 Å². The van der Waals surface area contributed by atoms with E-state index >= 15 is 0 Å². The van der Waals surface area contributed by atoms with E-state index in [4.69, 9.17) is 0 Å². The zero-order valence-electron chi connectivity index (χ0n) is 9.47. The maximum Gasteiger partial charge on any atom is 0.0360 e. The number of nitrogens with zero attached hydrogens (tertiary/aromatic N) is 2. The summed E-state index contributed by atoms with van der Waals surface area (Å²) in [5.41, 5.74) is 0. The predicted octanol–water partition coefficient (Wildman–Crippen LogP) is 2.68. The van der Waals surface area contributed by atoms with E-state index in [1.54, 1.807) is 0 Å². The molecule has 2 bridgehead atoms. The number of hydrogen-bond donors (Lipinski definition) is 0. The lowest BCUT2D eigenvalue weighted by Crippen LogP contribution is -2.49. The Hall–Kier alpha value is -0.760. The third kappa shape index (κ3) is 1.61. The van der Waals surface area contributed by atoms with Gasteiger partial charge in [0.25, 0.3) is 0 Å². The Labute approximate surface area is 91.9 Å². The summed E-state index contributed by atoms with van der Waals surface area (Å²) >= 11 is 0. The number of rotatable bonds is 1. The molecule has 0 spiro atoms. The van der Waals surface area contributed by atoms with Crippen LogP contribution >= 0.6 is 0 Å². The van der Waals surface area contributed by atoms with Gasteiger partial charge in [-0.2, -0.15) is 0 Å². The van der Waals surface area contributed by atoms with E-state index in [0.29, 0.717) is 0 Å². The van der Waals surface area contributed by atoms with Gasteiger partial charge in [0.2, 0.25) is 0 Å². The predicted molar refractivity (Wildman–Crippen MR) is 61.9 cm³/mol. The van der Waals surface area contributed by atoms with E-state index in [1.807, 2.05) is 0 Å². The molecule has 1 aromatic heterocycles. The van der Waals surface area contributed by atoms with Gasteiger partial charge in [0.05, 0.1) is 0 Å². The van der Waals surface area contributed by atoms with Crippen LogP contribution in [-0.2, 0) is 0 Å². The molecule has 0 amide bonds. The lowest BCUT2D eigenvalue weighted by Gasteiger charge is -2.47. The Bertz CT molecular complexity index is 303. The van der Waals surface area contributed by atoms with Crippen LogP contribution in [0.2, 0.25) is 0 Å². The summed E-state index contributed by atoms with van der Waals surface area (Å²) in [5, 5.41) is 0. The molecule has 0 radical (unpaired) electrons. The first-order valence-electron chi connectivity index (χ1n) is 6.19. The van der Waals surface area contributed by atoms with E-state index < -0.39 is 0 Å². The van der Waals surface area contributed by atoms with Crippen LogP contribution in [0.15, 0.2) is 24.5 Å². The first-order chi connectivity index (χ1) is 7.34. The highest BCUT2D eigenvalue weighted by atomic mass is 15.2. The van der Waals surface area contributed by atoms with Crippen molar-refractivity contribution in [2.24, 2.45) is 0 Å². The van der Waals surface area contributed by atoms with Crippen LogP contribution in [0.3, 0.4) is 0 Å². The Balaban J connectivity index is 1.79. The van der Waals surface area contributed by atoms with Crippen LogP contribution in [0.5, 0.6) is 0 Å². The van der Waals surface area contributed by atoms with Crippen molar-refractivity contribution in [1.82, 2.24) is 9.47 Å². The molecule has 2 aliphatic heterocycles. The number of hydrogen-bond acceptors (Lipinski definition) is 1. The van der Waals surface area contributed by atoms with Gasteiger partial charge in [-0.05, 0) is 44.9 Å². The topological polar surface area (TPSA) is 8.17 Å². The Morgan fingerprint density at radius 3 is 2.13 bits per heavy atom. The summed E-state index contributed by atoms with van der Waals surface area (Å²) in [6, 6.07) is 6.73. The molecule has 82 valence electrons. The largest absolute Gasteiger partial charge is 0.351 e. The van der Waals surface area contributed by atoms with Crippen LogP contribution in [0.1, 0.15) is 38.1 Å². The van der Waals surface area contributed by atoms with E-state index in [2.05, 4.69) is 41.0 Å². The molecule has 2 nitrogen and oxygen atoms in total. The van der Waals surface area contributed by atoms with E-state index in [1.165, 1.54) is 32.1 Å². The Kier molecular flexibility index (Phi) is 2.32. The van der Waals surface area contributed by atoms with Crippen LogP contribution < -0.4 is 0 Å². The minimum atomic E-state index is 0.756. The van der Waals surface area contributed by atoms with Crippen LogP contribution in [0, 0.1) is 0 Å². The van der Waals surface area contributed by atoms with Crippen molar-refractivity contribution in [2.45, 2.75) is 50.2 Å². The van der Waals surface area contributed by atoms with Crippen molar-refractivity contribution in [1.29, 1.82) is 0 Å². The van der Waals surface area contributed by atoms with Gasteiger partial charge < -0.3 is 9.47 Å². The van der Waals surface area contributed by atoms with Gasteiger partial charge in [0.15, 0.2) is 0 Å². The highest BCUT2D eigenvalue weighted by Gasteiger charge is 2.36. The lowest BCUT2D eigenvalue weighted by atomic mass is 9.82. The first kappa shape index (κ1) is 9.46. The summed E-state index contributed by atoms with van der Waals surface area (Å²) in [4.78, 5) is 2.63. The maximum atomic E-state index is 2.63. The molecule has 0 aliphatic carbocycles. The zero-order chi connectivity index (χ0) is 10.3. The minimum Gasteiger partial charge on any atom is -0.351 e. The molecule has 2 saturated heterocycles. The standard InChI is InChI=1S/C13H20N2/c1-14-11-5-4-6-12(14)10-13(9-11)15-7-2-3-8-15/h2-3,7-8,11-13H,4-6,9-10H2,1H3. The Morgan fingerprint density at radius 2 is 1.53 bits per heavy atom. The van der Waals surface area contributed by atoms with Gasteiger partial charge in [0.1, 0.15) is 0 Å². The van der Waals surface area contributed by atoms with Crippen molar-refractivity contribution >= 4 is 0 Å². The fourth-order valence-corrected chi connectivity index (χ4v) is 3.42. The third-order valence-electron chi connectivity index (χ3n) is 4.36. The molecule has 2 fully saturated rings. The van der Waals surface area contributed by atoms with Crippen molar-refractivity contribution in [2.75, 3.05) is 7.05 Å². The van der Waals surface area contributed by atoms with Gasteiger partial charge in [-0.1, -0.05) is 6.42 Å². The normalized spacial score (nSPS) is 36.7. The molecule has 0 aromatic carbocycles. The van der Waals surface area contributed by atoms with E-state index in [0.717, 1.165) is 18.1 Å². The highest BCUT2D eigenvalue weighted by molar-refractivity contribution is 4.98. The molecular formula is C13H20N2. The van der Waals surface area contributed by atoms with Gasteiger partial charge in [-0.25, -0.2) is 0 Å². The van der Waals surface area contributed by atoms with Gasteiger partial charge >= 0.3 is 0 Å². The second-order valence-corrected chi connectivity index (χ2v) is 5.16. The third-order valence-corrected chi connectivity index (χ3v) is 4.36. The second-order valence-electron chi connectivity index (χ2n) is 5.16. The average Bonchev–Trinajstić information content (AvgIpc) is 2.70. The summed E-state index contributed by atoms with van der Waals surface area (Å²) in [6.07, 6.45) is 11.4. The van der Waals surface area contributed by atoms with Crippen molar-refractivity contribution in [3.05, 3.63) is 24.5 Å². The molecule has 2 unspecified atom stereocenters. The van der Waals surface area contributed by atoms with Crippen molar-refractivity contribution < 1.29 is 0 Å². The highest BCUT2D eigenvalue weighted by Crippen LogP contribution is 2.37. The monoisotopic (exact) mass is 204 g/mol. The number of piperidine rings is 2. The van der Waals surface area contributed by atoms with E-state index in [-0.39, 0.29) is 0 Å². The summed E-state index contributed by atoms with van der Waals surface area (Å²) in [5.74, 6) is 0. The van der Waals surface area contributed by atoms with Gasteiger partial charge in [-0.15, -0.1) is 0 Å². The molecule has 3 heterocycles. The summed E-state index contributed by atoms with van der Waals surface area (Å²) in [7, 11) is 2.32. The molecule has 2 atom stereocenters. The molecule has 2 heteroatoms. The molecular weight excluding hydrogens is 184 g/mol. The smallest absolute Gasteiger partial charge is 0.0360 e. The Morgan fingerprint density at radius 1 is 0.933 bits per heavy atom. The fourth-order valence-electron chi connectivity index (χ4n) is 3.42. The lowest BCUT2D eigenvalue weighted by molar-refractivity contribution is 0.0401. The van der Waals surface area contributed by atoms with Crippen molar-refractivity contribution in [3.63, 3.8) is 0 Å². The van der Waals surface area contributed by atoms with Gasteiger partial charge in [-0.3, -0.25) is 0 Å². The maximum absolute atomic E-state index is 2.63. The van der Waals surface area contributed by atoms with Gasteiger partial charge in [0, 0.05) is 30.5 Å². The minimum absolute atomic E-state index is 0.756. The molecule has 1 aromatic rings. The zero-order valence-corrected chi connectivity index (χ0v) is 9.47. The molecule has 0 N–H and O–H groups in total.